The predicted molar refractivity (Wildman–Crippen MR) is 156 cm³/mol. The Balaban J connectivity index is 2.01. The average Bonchev–Trinajstić information content (AvgIpc) is 3.42. The van der Waals surface area contributed by atoms with Crippen molar-refractivity contribution in [1.29, 1.82) is 0 Å². The van der Waals surface area contributed by atoms with E-state index >= 15 is 0 Å². The van der Waals surface area contributed by atoms with Gasteiger partial charge in [-0.05, 0) is 84.3 Å². The highest BCUT2D eigenvalue weighted by molar-refractivity contribution is 6.74. The van der Waals surface area contributed by atoms with Crippen molar-refractivity contribution in [1.82, 2.24) is 9.78 Å². The molecule has 0 radical (unpaired) electrons. The van der Waals surface area contributed by atoms with E-state index in [4.69, 9.17) is 19.1 Å². The number of hydrogen-bond donors (Lipinski definition) is 0. The molecule has 0 saturated carbocycles. The summed E-state index contributed by atoms with van der Waals surface area (Å²) in [6.07, 6.45) is 3.02. The van der Waals surface area contributed by atoms with E-state index in [-0.39, 0.29) is 11.0 Å². The zero-order valence-electron chi connectivity index (χ0n) is 25.4. The maximum absolute atomic E-state index is 13.4. The molecule has 1 aliphatic carbocycles. The van der Waals surface area contributed by atoms with Crippen LogP contribution in [0.4, 0.5) is 10.6 Å². The van der Waals surface area contributed by atoms with Crippen LogP contribution in [0.25, 0.3) is 0 Å². The first kappa shape index (κ1) is 30.5. The van der Waals surface area contributed by atoms with Crippen LogP contribution in [0.2, 0.25) is 18.1 Å². The molecule has 9 heteroatoms. The third kappa shape index (κ3) is 7.53. The minimum atomic E-state index is -1.96. The van der Waals surface area contributed by atoms with Crippen molar-refractivity contribution in [3.8, 4) is 0 Å². The molecule has 1 unspecified atom stereocenters. The second kappa shape index (κ2) is 10.8. The molecule has 2 aromatic rings. The minimum Gasteiger partial charge on any atom is -0.547 e. The van der Waals surface area contributed by atoms with Crippen LogP contribution in [0.15, 0.2) is 48.2 Å². The summed E-state index contributed by atoms with van der Waals surface area (Å²) in [5, 5.41) is 5.94. The third-order valence-electron chi connectivity index (χ3n) is 6.96. The molecule has 0 saturated heterocycles. The van der Waals surface area contributed by atoms with Gasteiger partial charge in [-0.15, -0.1) is 0 Å². The van der Waals surface area contributed by atoms with Gasteiger partial charge in [0.2, 0.25) is 8.32 Å². The number of aromatic nitrogens is 2. The molecule has 0 bridgehead atoms. The summed E-state index contributed by atoms with van der Waals surface area (Å²) in [6, 6.07) is 10.4. The molecule has 39 heavy (non-hydrogen) atoms. The van der Waals surface area contributed by atoms with Crippen molar-refractivity contribution in [3.05, 3.63) is 59.5 Å². The van der Waals surface area contributed by atoms with Gasteiger partial charge in [0.15, 0.2) is 5.82 Å². The maximum Gasteiger partial charge on any atom is 0.450 e. The lowest BCUT2D eigenvalue weighted by atomic mass is 10.1. The highest BCUT2D eigenvalue weighted by Gasteiger charge is 2.40. The van der Waals surface area contributed by atoms with Gasteiger partial charge in [-0.2, -0.15) is 5.10 Å². The Morgan fingerprint density at radius 2 is 1.62 bits per heavy atom. The van der Waals surface area contributed by atoms with Crippen LogP contribution in [0.3, 0.4) is 0 Å². The van der Waals surface area contributed by atoms with E-state index in [1.807, 2.05) is 32.9 Å². The van der Waals surface area contributed by atoms with E-state index in [2.05, 4.69) is 39.9 Å². The van der Waals surface area contributed by atoms with Crippen molar-refractivity contribution < 1.29 is 23.6 Å². The smallest absolute Gasteiger partial charge is 0.450 e. The fourth-order valence-electron chi connectivity index (χ4n) is 3.89. The highest BCUT2D eigenvalue weighted by atomic mass is 28.4. The monoisotopic (exact) mass is 555 g/mol. The predicted octanol–water partition coefficient (Wildman–Crippen LogP) is 7.93. The standard InChI is InChI=1S/C30H45N3O5Si/c1-28(2,3)33-25(20-24(31-33)22-17-18-23(19-22)38-39(10,11)30(7,8)9)32(27(35)36-29(4,5)6)37-26(34)21-15-13-12-14-16-21/h12-16,19-20,22H,17-18H2,1-11H3. The number of rotatable bonds is 5. The second-order valence-corrected chi connectivity index (χ2v) is 18.4. The largest absolute Gasteiger partial charge is 0.547 e. The molecule has 1 atom stereocenters. The van der Waals surface area contributed by atoms with E-state index in [0.717, 1.165) is 29.4 Å². The van der Waals surface area contributed by atoms with E-state index in [1.165, 1.54) is 0 Å². The topological polar surface area (TPSA) is 82.9 Å². The summed E-state index contributed by atoms with van der Waals surface area (Å²) in [4.78, 5) is 32.1. The molecule has 8 nitrogen and oxygen atoms in total. The number of hydroxylamine groups is 1. The summed E-state index contributed by atoms with van der Waals surface area (Å²) < 4.78 is 13.9. The molecule has 3 rings (SSSR count). The number of allylic oxidation sites excluding steroid dienone is 2. The van der Waals surface area contributed by atoms with Gasteiger partial charge in [0.05, 0.1) is 22.6 Å². The Kier molecular flexibility index (Phi) is 8.46. The molecule has 0 aliphatic heterocycles. The highest BCUT2D eigenvalue weighted by Crippen LogP contribution is 2.42. The summed E-state index contributed by atoms with van der Waals surface area (Å²) in [5.41, 5.74) is -0.221. The Morgan fingerprint density at radius 1 is 1.00 bits per heavy atom. The van der Waals surface area contributed by atoms with Gasteiger partial charge >= 0.3 is 12.1 Å². The normalized spacial score (nSPS) is 16.5. The number of hydrogen-bond acceptors (Lipinski definition) is 6. The first-order valence-electron chi connectivity index (χ1n) is 13.6. The van der Waals surface area contributed by atoms with Gasteiger partial charge in [0.25, 0.3) is 0 Å². The fourth-order valence-corrected chi connectivity index (χ4v) is 5.02. The van der Waals surface area contributed by atoms with Crippen LogP contribution in [-0.2, 0) is 19.5 Å². The molecule has 214 valence electrons. The van der Waals surface area contributed by atoms with Crippen LogP contribution in [0.1, 0.15) is 97.1 Å². The Hall–Kier alpha value is -3.07. The molecule has 1 heterocycles. The number of amides is 1. The van der Waals surface area contributed by atoms with E-state index in [0.29, 0.717) is 11.4 Å². The molecular formula is C30H45N3O5Si. The van der Waals surface area contributed by atoms with E-state index in [9.17, 15) is 9.59 Å². The van der Waals surface area contributed by atoms with Crippen LogP contribution >= 0.6 is 0 Å². The number of anilines is 1. The van der Waals surface area contributed by atoms with E-state index < -0.39 is 31.5 Å². The zero-order chi connectivity index (χ0) is 29.4. The van der Waals surface area contributed by atoms with Crippen molar-refractivity contribution in [2.24, 2.45) is 0 Å². The number of carbonyl (C=O) groups excluding carboxylic acids is 2. The summed E-state index contributed by atoms with van der Waals surface area (Å²) >= 11 is 0. The molecular weight excluding hydrogens is 510 g/mol. The van der Waals surface area contributed by atoms with Gasteiger partial charge < -0.3 is 14.0 Å². The third-order valence-corrected chi connectivity index (χ3v) is 11.3. The number of ether oxygens (including phenoxy) is 1. The van der Waals surface area contributed by atoms with Gasteiger partial charge in [-0.1, -0.05) is 44.0 Å². The van der Waals surface area contributed by atoms with Crippen LogP contribution < -0.4 is 5.06 Å². The number of benzene rings is 1. The lowest BCUT2D eigenvalue weighted by Gasteiger charge is -2.36. The van der Waals surface area contributed by atoms with Crippen LogP contribution in [-0.4, -0.2) is 35.8 Å². The van der Waals surface area contributed by atoms with Crippen molar-refractivity contribution in [3.63, 3.8) is 0 Å². The van der Waals surface area contributed by atoms with Crippen molar-refractivity contribution in [2.45, 2.75) is 110 Å². The van der Waals surface area contributed by atoms with Crippen molar-refractivity contribution in [2.75, 3.05) is 5.06 Å². The average molecular weight is 556 g/mol. The lowest BCUT2D eigenvalue weighted by Crippen LogP contribution is -2.41. The first-order valence-corrected chi connectivity index (χ1v) is 16.5. The lowest BCUT2D eigenvalue weighted by molar-refractivity contribution is 0.0185. The summed E-state index contributed by atoms with van der Waals surface area (Å²) in [7, 11) is -1.96. The quantitative estimate of drug-likeness (QED) is 0.275. The van der Waals surface area contributed by atoms with Gasteiger partial charge in [0, 0.05) is 18.4 Å². The molecule has 1 aromatic carbocycles. The Bertz CT molecular complexity index is 1210. The molecule has 0 fully saturated rings. The van der Waals surface area contributed by atoms with E-state index in [1.54, 1.807) is 49.7 Å². The van der Waals surface area contributed by atoms with Gasteiger partial charge in [0.1, 0.15) is 5.60 Å². The first-order chi connectivity index (χ1) is 17.8. The summed E-state index contributed by atoms with van der Waals surface area (Å²) in [5.74, 6) is 0.661. The second-order valence-electron chi connectivity index (χ2n) is 13.7. The zero-order valence-corrected chi connectivity index (χ0v) is 26.4. The minimum absolute atomic E-state index is 0.0115. The summed E-state index contributed by atoms with van der Waals surface area (Å²) in [6.45, 7) is 22.4. The van der Waals surface area contributed by atoms with Gasteiger partial charge in [-0.25, -0.2) is 14.3 Å². The molecule has 0 N–H and O–H groups in total. The number of carbonyl (C=O) groups is 2. The molecule has 1 aromatic heterocycles. The fraction of sp³-hybridized carbons (Fsp3) is 0.567. The molecule has 0 spiro atoms. The SMILES string of the molecule is CC(C)(C)OC(=O)N(OC(=O)c1ccccc1)c1cc(C2C=C(O[Si](C)(C)C(C)(C)C)CC2)nn1C(C)(C)C. The Labute approximate surface area is 234 Å². The molecule has 1 aliphatic rings. The Morgan fingerprint density at radius 3 is 2.15 bits per heavy atom. The van der Waals surface area contributed by atoms with Crippen LogP contribution in [0, 0.1) is 0 Å². The van der Waals surface area contributed by atoms with Crippen LogP contribution in [0.5, 0.6) is 0 Å². The van der Waals surface area contributed by atoms with Gasteiger partial charge in [-0.3, -0.25) is 0 Å². The maximum atomic E-state index is 13.4. The number of nitrogens with zero attached hydrogens (tertiary/aromatic N) is 3. The molecule has 1 amide bonds. The van der Waals surface area contributed by atoms with Crippen molar-refractivity contribution >= 4 is 26.2 Å².